The molecule has 0 aromatic heterocycles. The molecule has 0 spiro atoms. The fourth-order valence-corrected chi connectivity index (χ4v) is 3.87. The summed E-state index contributed by atoms with van der Waals surface area (Å²) in [5, 5.41) is 13.6. The lowest BCUT2D eigenvalue weighted by atomic mass is 9.86. The van der Waals surface area contributed by atoms with Crippen LogP contribution in [0.3, 0.4) is 0 Å². The summed E-state index contributed by atoms with van der Waals surface area (Å²) in [6.07, 6.45) is 8.78. The van der Waals surface area contributed by atoms with Crippen LogP contribution in [-0.4, -0.2) is 24.0 Å². The van der Waals surface area contributed by atoms with E-state index < -0.39 is 6.10 Å². The Balaban J connectivity index is 1.67. The number of ketones is 1. The first kappa shape index (κ1) is 26.3. The number of Topliss-reactive ketones (excluding diaryl/α,β-unsaturated/α-hetero) is 1. The van der Waals surface area contributed by atoms with Crippen molar-refractivity contribution in [3.05, 3.63) is 70.8 Å². The summed E-state index contributed by atoms with van der Waals surface area (Å²) in [4.78, 5) is 12.5. The molecule has 0 radical (unpaired) electrons. The van der Waals surface area contributed by atoms with E-state index >= 15 is 0 Å². The van der Waals surface area contributed by atoms with Crippen LogP contribution in [0.4, 0.5) is 0 Å². The van der Waals surface area contributed by atoms with Crippen LogP contribution in [0.5, 0.6) is 0 Å². The largest absolute Gasteiger partial charge is 0.387 e. The molecule has 1 unspecified atom stereocenters. The van der Waals surface area contributed by atoms with Gasteiger partial charge < -0.3 is 10.4 Å². The third kappa shape index (κ3) is 9.26. The number of nitrogens with one attached hydrogen (secondary N) is 1. The average molecular weight is 438 g/mol. The molecule has 2 aromatic rings. The van der Waals surface area contributed by atoms with Crippen molar-refractivity contribution in [2.45, 2.75) is 90.6 Å². The van der Waals surface area contributed by atoms with Crippen molar-refractivity contribution >= 4 is 5.78 Å². The summed E-state index contributed by atoms with van der Waals surface area (Å²) in [6.45, 7) is 9.80. The molecule has 3 heteroatoms. The van der Waals surface area contributed by atoms with Crippen molar-refractivity contribution in [3.8, 4) is 0 Å². The number of unbranched alkanes of at least 4 members (excludes halogenated alkanes) is 5. The first-order chi connectivity index (χ1) is 15.3. The fourth-order valence-electron chi connectivity index (χ4n) is 3.87. The van der Waals surface area contributed by atoms with Crippen molar-refractivity contribution in [1.29, 1.82) is 0 Å². The molecule has 2 N–H and O–H groups in total. The van der Waals surface area contributed by atoms with Crippen LogP contribution in [0.2, 0.25) is 0 Å². The van der Waals surface area contributed by atoms with Gasteiger partial charge in [-0.15, -0.1) is 0 Å². The number of hydrogen-bond donors (Lipinski definition) is 2. The highest BCUT2D eigenvalue weighted by molar-refractivity contribution is 5.96. The van der Waals surface area contributed by atoms with Gasteiger partial charge in [-0.25, -0.2) is 0 Å². The van der Waals surface area contributed by atoms with E-state index in [2.05, 4.69) is 57.3 Å². The zero-order valence-corrected chi connectivity index (χ0v) is 20.6. The molecule has 32 heavy (non-hydrogen) atoms. The van der Waals surface area contributed by atoms with E-state index in [9.17, 15) is 9.90 Å². The monoisotopic (exact) mass is 437 g/mol. The van der Waals surface area contributed by atoms with Crippen molar-refractivity contribution in [2.75, 3.05) is 13.1 Å². The zero-order valence-electron chi connectivity index (χ0n) is 20.6. The zero-order chi connectivity index (χ0) is 23.4. The Bertz CT molecular complexity index is 787. The number of carbonyl (C=O) groups is 1. The lowest BCUT2D eigenvalue weighted by Crippen LogP contribution is -2.24. The minimum Gasteiger partial charge on any atom is -0.387 e. The molecule has 0 saturated carbocycles. The first-order valence-corrected chi connectivity index (χ1v) is 12.4. The Kier molecular flexibility index (Phi) is 11.1. The Morgan fingerprint density at radius 2 is 1.53 bits per heavy atom. The standard InChI is InChI=1S/C29H43NO2/c1-5-6-7-8-9-10-11-23-12-14-24(15-13-23)27(31)20-21-30-22-28(32)25-16-18-26(19-17-25)29(2,3)4/h12-19,28,30,32H,5-11,20-22H2,1-4H3. The second-order valence-corrected chi connectivity index (χ2v) is 9.98. The van der Waals surface area contributed by atoms with Crippen molar-refractivity contribution < 1.29 is 9.90 Å². The van der Waals surface area contributed by atoms with Gasteiger partial charge in [-0.05, 0) is 34.9 Å². The van der Waals surface area contributed by atoms with Crippen molar-refractivity contribution in [1.82, 2.24) is 5.32 Å². The van der Waals surface area contributed by atoms with E-state index in [1.807, 2.05) is 24.3 Å². The molecular weight excluding hydrogens is 394 g/mol. The van der Waals surface area contributed by atoms with E-state index in [-0.39, 0.29) is 11.2 Å². The fraction of sp³-hybridized carbons (Fsp3) is 0.552. The van der Waals surface area contributed by atoms with E-state index in [1.165, 1.54) is 49.7 Å². The lowest BCUT2D eigenvalue weighted by molar-refractivity contribution is 0.0979. The van der Waals surface area contributed by atoms with Gasteiger partial charge in [-0.3, -0.25) is 4.79 Å². The maximum atomic E-state index is 12.5. The lowest BCUT2D eigenvalue weighted by Gasteiger charge is -2.20. The molecule has 0 fully saturated rings. The smallest absolute Gasteiger partial charge is 0.164 e. The van der Waals surface area contributed by atoms with Gasteiger partial charge in [-0.2, -0.15) is 0 Å². The molecule has 0 aliphatic carbocycles. The number of carbonyl (C=O) groups excluding carboxylic acids is 1. The maximum absolute atomic E-state index is 12.5. The molecule has 1 atom stereocenters. The van der Waals surface area contributed by atoms with Gasteiger partial charge in [0.15, 0.2) is 5.78 Å². The summed E-state index contributed by atoms with van der Waals surface area (Å²) < 4.78 is 0. The van der Waals surface area contributed by atoms with Crippen LogP contribution >= 0.6 is 0 Å². The Hall–Kier alpha value is -1.97. The van der Waals surface area contributed by atoms with Gasteiger partial charge in [0.1, 0.15) is 0 Å². The number of benzene rings is 2. The van der Waals surface area contributed by atoms with Crippen LogP contribution in [0.1, 0.15) is 106 Å². The van der Waals surface area contributed by atoms with E-state index in [1.54, 1.807) is 0 Å². The number of aryl methyl sites for hydroxylation is 1. The van der Waals surface area contributed by atoms with Gasteiger partial charge in [0.2, 0.25) is 0 Å². The molecule has 0 heterocycles. The highest BCUT2D eigenvalue weighted by atomic mass is 16.3. The molecular formula is C29H43NO2. The first-order valence-electron chi connectivity index (χ1n) is 12.4. The molecule has 0 bridgehead atoms. The number of aliphatic hydroxyl groups excluding tert-OH is 1. The minimum absolute atomic E-state index is 0.106. The SMILES string of the molecule is CCCCCCCCc1ccc(C(=O)CCNCC(O)c2ccc(C(C)(C)C)cc2)cc1. The van der Waals surface area contributed by atoms with Gasteiger partial charge in [-0.1, -0.05) is 108 Å². The summed E-state index contributed by atoms with van der Waals surface area (Å²) in [5.41, 5.74) is 4.35. The molecule has 0 saturated heterocycles. The summed E-state index contributed by atoms with van der Waals surface area (Å²) >= 11 is 0. The molecule has 0 aliphatic rings. The van der Waals surface area contributed by atoms with E-state index in [0.29, 0.717) is 19.5 Å². The molecule has 2 aromatic carbocycles. The average Bonchev–Trinajstić information content (AvgIpc) is 2.78. The second kappa shape index (κ2) is 13.5. The van der Waals surface area contributed by atoms with Crippen LogP contribution in [-0.2, 0) is 11.8 Å². The summed E-state index contributed by atoms with van der Waals surface area (Å²) in [5.74, 6) is 0.146. The van der Waals surface area contributed by atoms with Crippen LogP contribution in [0.25, 0.3) is 0 Å². The Morgan fingerprint density at radius 1 is 0.906 bits per heavy atom. The van der Waals surface area contributed by atoms with Crippen LogP contribution < -0.4 is 5.32 Å². The van der Waals surface area contributed by atoms with Crippen molar-refractivity contribution in [2.24, 2.45) is 0 Å². The summed E-state index contributed by atoms with van der Waals surface area (Å²) in [6, 6.07) is 16.3. The van der Waals surface area contributed by atoms with Gasteiger partial charge in [0.05, 0.1) is 6.10 Å². The molecule has 176 valence electrons. The number of aliphatic hydroxyl groups is 1. The van der Waals surface area contributed by atoms with Gasteiger partial charge in [0.25, 0.3) is 0 Å². The predicted molar refractivity (Wildman–Crippen MR) is 135 cm³/mol. The Labute approximate surface area is 195 Å². The van der Waals surface area contributed by atoms with Crippen LogP contribution in [0, 0.1) is 0 Å². The molecule has 2 rings (SSSR count). The Morgan fingerprint density at radius 3 is 2.16 bits per heavy atom. The van der Waals surface area contributed by atoms with E-state index in [0.717, 1.165) is 17.5 Å². The highest BCUT2D eigenvalue weighted by Gasteiger charge is 2.14. The maximum Gasteiger partial charge on any atom is 0.164 e. The number of rotatable bonds is 14. The van der Waals surface area contributed by atoms with Gasteiger partial charge in [0, 0.05) is 25.1 Å². The molecule has 0 amide bonds. The normalized spacial score (nSPS) is 12.7. The van der Waals surface area contributed by atoms with Gasteiger partial charge >= 0.3 is 0 Å². The topological polar surface area (TPSA) is 49.3 Å². The second-order valence-electron chi connectivity index (χ2n) is 9.98. The highest BCUT2D eigenvalue weighted by Crippen LogP contribution is 2.23. The van der Waals surface area contributed by atoms with E-state index in [4.69, 9.17) is 0 Å². The molecule has 0 aliphatic heterocycles. The van der Waals surface area contributed by atoms with Crippen LogP contribution in [0.15, 0.2) is 48.5 Å². The van der Waals surface area contributed by atoms with Crippen molar-refractivity contribution in [3.63, 3.8) is 0 Å². The molecule has 3 nitrogen and oxygen atoms in total. The predicted octanol–water partition coefficient (Wildman–Crippen LogP) is 6.78. The number of hydrogen-bond acceptors (Lipinski definition) is 3. The third-order valence-electron chi connectivity index (χ3n) is 6.12. The quantitative estimate of drug-likeness (QED) is 0.253. The summed E-state index contributed by atoms with van der Waals surface area (Å²) in [7, 11) is 0. The third-order valence-corrected chi connectivity index (χ3v) is 6.12. The minimum atomic E-state index is -0.569.